The molecule has 0 spiro atoms. The number of carbonyl (C=O) groups is 3. The fourth-order valence-corrected chi connectivity index (χ4v) is 5.29. The molecule has 6 nitrogen and oxygen atoms in total. The van der Waals surface area contributed by atoms with Crippen LogP contribution in [0.1, 0.15) is 81.3 Å². The van der Waals surface area contributed by atoms with Crippen LogP contribution in [0.4, 0.5) is 5.69 Å². The van der Waals surface area contributed by atoms with Crippen molar-refractivity contribution in [3.63, 3.8) is 0 Å². The summed E-state index contributed by atoms with van der Waals surface area (Å²) in [6.07, 6.45) is 4.01. The smallest absolute Gasteiger partial charge is 0.348 e. The summed E-state index contributed by atoms with van der Waals surface area (Å²) < 4.78 is 0. The van der Waals surface area contributed by atoms with Gasteiger partial charge in [-0.3, -0.25) is 14.5 Å². The van der Waals surface area contributed by atoms with Gasteiger partial charge in [-0.15, -0.1) is 11.3 Å². The summed E-state index contributed by atoms with van der Waals surface area (Å²) in [5.74, 6) is 5.30. The van der Waals surface area contributed by atoms with Gasteiger partial charge >= 0.3 is 5.97 Å². The minimum absolute atomic E-state index is 0.0727. The van der Waals surface area contributed by atoms with Gasteiger partial charge in [-0.25, -0.2) is 4.79 Å². The summed E-state index contributed by atoms with van der Waals surface area (Å²) in [6, 6.07) is 1.04. The molecule has 1 aromatic rings. The summed E-state index contributed by atoms with van der Waals surface area (Å²) in [6.45, 7) is 11.2. The standard InChI is InChI=1S/C25H34N2O4S/c1-6-26-14-12-19(23(26)29)27(22(28)17-9-7-16(2)8-10-17)20-15-18(11-13-25(3,4)5)32-21(20)24(30)31/h15-17,19H,6-10,12,14H2,1-5H3,(H,30,31)/t16?,17?,19-/m0/s1. The Hall–Kier alpha value is -2.33. The predicted molar refractivity (Wildman–Crippen MR) is 127 cm³/mol. The second-order valence-electron chi connectivity index (χ2n) is 10.0. The number of carboxylic acids is 1. The molecule has 2 heterocycles. The highest BCUT2D eigenvalue weighted by molar-refractivity contribution is 7.15. The van der Waals surface area contributed by atoms with Gasteiger partial charge in [0.2, 0.25) is 11.8 Å². The molecule has 0 bridgehead atoms. The van der Waals surface area contributed by atoms with E-state index in [1.807, 2.05) is 27.7 Å². The highest BCUT2D eigenvalue weighted by Crippen LogP contribution is 2.38. The van der Waals surface area contributed by atoms with Crippen molar-refractivity contribution >= 4 is 34.8 Å². The Kier molecular flexibility index (Phi) is 7.34. The van der Waals surface area contributed by atoms with Crippen molar-refractivity contribution in [3.8, 4) is 11.8 Å². The van der Waals surface area contributed by atoms with Crippen molar-refractivity contribution in [2.45, 2.75) is 72.8 Å². The van der Waals surface area contributed by atoms with E-state index in [9.17, 15) is 19.5 Å². The van der Waals surface area contributed by atoms with Gasteiger partial charge in [0.15, 0.2) is 0 Å². The van der Waals surface area contributed by atoms with Crippen molar-refractivity contribution in [1.82, 2.24) is 4.90 Å². The second-order valence-corrected chi connectivity index (χ2v) is 11.1. The van der Waals surface area contributed by atoms with E-state index >= 15 is 0 Å². The van der Waals surface area contributed by atoms with Crippen molar-refractivity contribution in [3.05, 3.63) is 15.8 Å². The topological polar surface area (TPSA) is 77.9 Å². The fourth-order valence-electron chi connectivity index (χ4n) is 4.44. The van der Waals surface area contributed by atoms with Gasteiger partial charge in [0, 0.05) is 24.4 Å². The number of hydrogen-bond acceptors (Lipinski definition) is 4. The highest BCUT2D eigenvalue weighted by Gasteiger charge is 2.42. The molecule has 3 rings (SSSR count). The van der Waals surface area contributed by atoms with Gasteiger partial charge in [0.25, 0.3) is 0 Å². The number of likely N-dealkylation sites (tertiary alicyclic amines) is 1. The van der Waals surface area contributed by atoms with E-state index in [1.165, 1.54) is 4.90 Å². The van der Waals surface area contributed by atoms with E-state index in [-0.39, 0.29) is 28.0 Å². The first-order valence-corrected chi connectivity index (χ1v) is 12.4. The number of hydrogen-bond donors (Lipinski definition) is 1. The first kappa shape index (κ1) is 24.3. The molecule has 1 N–H and O–H groups in total. The zero-order chi connectivity index (χ0) is 23.6. The van der Waals surface area contributed by atoms with E-state index in [0.29, 0.717) is 36.0 Å². The minimum Gasteiger partial charge on any atom is -0.477 e. The average Bonchev–Trinajstić information content (AvgIpc) is 3.31. The Morgan fingerprint density at radius 3 is 2.41 bits per heavy atom. The van der Waals surface area contributed by atoms with Crippen LogP contribution in [0.2, 0.25) is 0 Å². The lowest BCUT2D eigenvalue weighted by atomic mass is 9.82. The van der Waals surface area contributed by atoms with Crippen LogP contribution in [0.3, 0.4) is 0 Å². The van der Waals surface area contributed by atoms with Gasteiger partial charge in [-0.1, -0.05) is 18.8 Å². The summed E-state index contributed by atoms with van der Waals surface area (Å²) in [7, 11) is 0. The lowest BCUT2D eigenvalue weighted by molar-refractivity contribution is -0.132. The molecule has 0 aromatic carbocycles. The van der Waals surface area contributed by atoms with Crippen molar-refractivity contribution in [1.29, 1.82) is 0 Å². The van der Waals surface area contributed by atoms with Crippen LogP contribution in [0.15, 0.2) is 6.07 Å². The lowest BCUT2D eigenvalue weighted by Gasteiger charge is -2.34. The highest BCUT2D eigenvalue weighted by atomic mass is 32.1. The van der Waals surface area contributed by atoms with Crippen LogP contribution in [-0.4, -0.2) is 46.9 Å². The molecule has 1 atom stereocenters. The maximum atomic E-state index is 13.8. The fraction of sp³-hybridized carbons (Fsp3) is 0.640. The Morgan fingerprint density at radius 1 is 1.22 bits per heavy atom. The average molecular weight is 459 g/mol. The summed E-state index contributed by atoms with van der Waals surface area (Å²) in [4.78, 5) is 42.9. The number of anilines is 1. The predicted octanol–water partition coefficient (Wildman–Crippen LogP) is 4.62. The summed E-state index contributed by atoms with van der Waals surface area (Å²) in [5, 5.41) is 9.92. The van der Waals surface area contributed by atoms with E-state index in [1.54, 1.807) is 11.0 Å². The van der Waals surface area contributed by atoms with Crippen LogP contribution in [-0.2, 0) is 9.59 Å². The van der Waals surface area contributed by atoms with Crippen LogP contribution in [0, 0.1) is 29.1 Å². The van der Waals surface area contributed by atoms with Gasteiger partial charge in [0.05, 0.1) is 10.6 Å². The number of likely N-dealkylation sites (N-methyl/N-ethyl adjacent to an activating group) is 1. The van der Waals surface area contributed by atoms with Gasteiger partial charge in [0.1, 0.15) is 10.9 Å². The molecule has 1 saturated heterocycles. The lowest BCUT2D eigenvalue weighted by Crippen LogP contribution is -2.48. The maximum absolute atomic E-state index is 13.8. The molecule has 32 heavy (non-hydrogen) atoms. The molecule has 0 unspecified atom stereocenters. The molecule has 7 heteroatoms. The van der Waals surface area contributed by atoms with Gasteiger partial charge < -0.3 is 10.0 Å². The minimum atomic E-state index is -1.10. The van der Waals surface area contributed by atoms with E-state index in [2.05, 4.69) is 18.8 Å². The number of carbonyl (C=O) groups excluding carboxylic acids is 2. The molecule has 174 valence electrons. The van der Waals surface area contributed by atoms with Crippen molar-refractivity contribution in [2.24, 2.45) is 17.3 Å². The monoisotopic (exact) mass is 458 g/mol. The van der Waals surface area contributed by atoms with Gasteiger partial charge in [-0.2, -0.15) is 0 Å². The van der Waals surface area contributed by atoms with E-state index < -0.39 is 12.0 Å². The Morgan fingerprint density at radius 2 is 1.88 bits per heavy atom. The largest absolute Gasteiger partial charge is 0.477 e. The molecule has 0 radical (unpaired) electrons. The third kappa shape index (κ3) is 5.35. The normalized spacial score (nSPS) is 23.6. The third-order valence-electron chi connectivity index (χ3n) is 6.29. The summed E-state index contributed by atoms with van der Waals surface area (Å²) >= 11 is 1.08. The van der Waals surface area contributed by atoms with Crippen molar-refractivity contribution in [2.75, 3.05) is 18.0 Å². The number of carboxylic acid groups (broad SMARTS) is 1. The number of rotatable bonds is 5. The number of aromatic carboxylic acids is 1. The molecule has 1 aliphatic carbocycles. The summed E-state index contributed by atoms with van der Waals surface area (Å²) in [5.41, 5.74) is 0.0888. The Bertz CT molecular complexity index is 941. The molecule has 1 aliphatic heterocycles. The zero-order valence-corrected chi connectivity index (χ0v) is 20.6. The molecule has 2 aliphatic rings. The number of nitrogens with zero attached hydrogens (tertiary/aromatic N) is 2. The van der Waals surface area contributed by atoms with E-state index in [4.69, 9.17) is 0 Å². The zero-order valence-electron chi connectivity index (χ0n) is 19.7. The molecule has 1 saturated carbocycles. The molecule has 2 fully saturated rings. The molecule has 2 amide bonds. The number of thiophene rings is 1. The third-order valence-corrected chi connectivity index (χ3v) is 7.32. The molecular formula is C25H34N2O4S. The van der Waals surface area contributed by atoms with Crippen LogP contribution >= 0.6 is 11.3 Å². The molecular weight excluding hydrogens is 424 g/mol. The SMILES string of the molecule is CCN1CC[C@H](N(C(=O)C2CCC(C)CC2)c2cc(C#CC(C)(C)C)sc2C(=O)O)C1=O. The van der Waals surface area contributed by atoms with Crippen LogP contribution in [0.25, 0.3) is 0 Å². The quantitative estimate of drug-likeness (QED) is 0.653. The van der Waals surface area contributed by atoms with Crippen LogP contribution in [0.5, 0.6) is 0 Å². The second kappa shape index (κ2) is 9.66. The first-order chi connectivity index (χ1) is 15.0. The number of amides is 2. The maximum Gasteiger partial charge on any atom is 0.348 e. The molecule has 1 aromatic heterocycles. The first-order valence-electron chi connectivity index (χ1n) is 11.5. The van der Waals surface area contributed by atoms with Crippen molar-refractivity contribution < 1.29 is 19.5 Å². The van der Waals surface area contributed by atoms with Crippen LogP contribution < -0.4 is 4.90 Å². The van der Waals surface area contributed by atoms with E-state index in [0.717, 1.165) is 37.0 Å². The Balaban J connectivity index is 2.05. The Labute approximate surface area is 195 Å². The van der Waals surface area contributed by atoms with Gasteiger partial charge in [-0.05, 0) is 71.8 Å².